The van der Waals surface area contributed by atoms with Crippen molar-refractivity contribution in [3.63, 3.8) is 0 Å². The van der Waals surface area contributed by atoms with Crippen molar-refractivity contribution >= 4 is 6.08 Å². The lowest BCUT2D eigenvalue weighted by Gasteiger charge is -2.20. The molecular weight excluding hydrogens is 204 g/mol. The van der Waals surface area contributed by atoms with Crippen molar-refractivity contribution < 1.29 is 9.68 Å². The van der Waals surface area contributed by atoms with E-state index in [-0.39, 0.29) is 0 Å². The van der Waals surface area contributed by atoms with Crippen LogP contribution in [0.2, 0.25) is 0 Å². The zero-order chi connectivity index (χ0) is 11.4. The molecular formula is C12H16N2O2. The number of benzene rings is 1. The predicted molar refractivity (Wildman–Crippen MR) is 61.8 cm³/mol. The number of nitrogens with zero attached hydrogens (tertiary/aromatic N) is 2. The van der Waals surface area contributed by atoms with Crippen LogP contribution in [-0.2, 0) is 9.68 Å². The lowest BCUT2D eigenvalue weighted by Crippen LogP contribution is -2.21. The van der Waals surface area contributed by atoms with E-state index in [1.165, 1.54) is 0 Å². The van der Waals surface area contributed by atoms with E-state index < -0.39 is 0 Å². The molecule has 0 spiro atoms. The third-order valence-corrected chi connectivity index (χ3v) is 2.55. The molecule has 0 unspecified atom stereocenters. The minimum absolute atomic E-state index is 0.809. The molecule has 1 saturated heterocycles. The maximum atomic E-state index is 5.27. The highest BCUT2D eigenvalue weighted by atomic mass is 16.7. The molecule has 0 N–H and O–H groups in total. The standard InChI is InChI=1S/C12H16N2O2/c1-15-13-8-9-14(16-2)12(13)10-11-6-4-3-5-7-11/h3-7,10H,8-9H2,1-2H3. The number of hydrogen-bond donors (Lipinski definition) is 0. The maximum absolute atomic E-state index is 5.27. The van der Waals surface area contributed by atoms with Gasteiger partial charge in [0.2, 0.25) is 0 Å². The summed E-state index contributed by atoms with van der Waals surface area (Å²) in [6, 6.07) is 10.1. The average molecular weight is 220 g/mol. The van der Waals surface area contributed by atoms with Gasteiger partial charge in [-0.1, -0.05) is 30.3 Å². The Morgan fingerprint density at radius 3 is 2.06 bits per heavy atom. The fraction of sp³-hybridized carbons (Fsp3) is 0.333. The van der Waals surface area contributed by atoms with E-state index in [1.807, 2.05) is 46.5 Å². The van der Waals surface area contributed by atoms with Gasteiger partial charge in [-0.25, -0.2) is 10.1 Å². The van der Waals surface area contributed by atoms with Gasteiger partial charge >= 0.3 is 0 Å². The molecule has 1 aromatic carbocycles. The zero-order valence-corrected chi connectivity index (χ0v) is 9.59. The molecule has 4 heteroatoms. The first-order valence-corrected chi connectivity index (χ1v) is 5.25. The molecule has 0 amide bonds. The van der Waals surface area contributed by atoms with Crippen molar-refractivity contribution in [1.29, 1.82) is 0 Å². The summed E-state index contributed by atoms with van der Waals surface area (Å²) in [4.78, 5) is 10.5. The Kier molecular flexibility index (Phi) is 3.44. The first-order chi connectivity index (χ1) is 7.85. The van der Waals surface area contributed by atoms with E-state index in [2.05, 4.69) is 0 Å². The van der Waals surface area contributed by atoms with Crippen LogP contribution < -0.4 is 0 Å². The molecule has 4 nitrogen and oxygen atoms in total. The van der Waals surface area contributed by atoms with E-state index in [1.54, 1.807) is 14.2 Å². The second kappa shape index (κ2) is 5.01. The van der Waals surface area contributed by atoms with Gasteiger partial charge in [-0.05, 0) is 11.6 Å². The van der Waals surface area contributed by atoms with Gasteiger partial charge < -0.3 is 0 Å². The summed E-state index contributed by atoms with van der Waals surface area (Å²) in [5, 5.41) is 3.63. The van der Waals surface area contributed by atoms with Crippen LogP contribution in [0.25, 0.3) is 6.08 Å². The fourth-order valence-electron chi connectivity index (χ4n) is 1.75. The second-order valence-electron chi connectivity index (χ2n) is 3.48. The maximum Gasteiger partial charge on any atom is 0.153 e. The molecule has 0 bridgehead atoms. The third kappa shape index (κ3) is 2.18. The molecule has 0 radical (unpaired) electrons. The summed E-state index contributed by atoms with van der Waals surface area (Å²) in [7, 11) is 3.33. The highest BCUT2D eigenvalue weighted by Crippen LogP contribution is 2.21. The van der Waals surface area contributed by atoms with Gasteiger partial charge in [0.15, 0.2) is 5.82 Å². The highest BCUT2D eigenvalue weighted by molar-refractivity contribution is 5.51. The van der Waals surface area contributed by atoms with Crippen LogP contribution >= 0.6 is 0 Å². The Bertz CT molecular complexity index is 351. The molecule has 0 aromatic heterocycles. The van der Waals surface area contributed by atoms with Crippen molar-refractivity contribution in [3.8, 4) is 0 Å². The Morgan fingerprint density at radius 2 is 1.56 bits per heavy atom. The Labute approximate surface area is 95.6 Å². The van der Waals surface area contributed by atoms with E-state index in [9.17, 15) is 0 Å². The Balaban J connectivity index is 2.25. The van der Waals surface area contributed by atoms with Crippen LogP contribution in [0.15, 0.2) is 36.2 Å². The molecule has 1 fully saturated rings. The van der Waals surface area contributed by atoms with E-state index in [4.69, 9.17) is 9.68 Å². The van der Waals surface area contributed by atoms with Gasteiger partial charge in [0.05, 0.1) is 27.3 Å². The third-order valence-electron chi connectivity index (χ3n) is 2.55. The topological polar surface area (TPSA) is 24.9 Å². The molecule has 1 aliphatic rings. The summed E-state index contributed by atoms with van der Waals surface area (Å²) in [6.45, 7) is 1.62. The Morgan fingerprint density at radius 1 is 1.00 bits per heavy atom. The van der Waals surface area contributed by atoms with Crippen LogP contribution in [0, 0.1) is 0 Å². The summed E-state index contributed by atoms with van der Waals surface area (Å²) in [6.07, 6.45) is 2.04. The normalized spacial score (nSPS) is 15.8. The van der Waals surface area contributed by atoms with Crippen molar-refractivity contribution in [2.75, 3.05) is 27.3 Å². The van der Waals surface area contributed by atoms with E-state index in [0.717, 1.165) is 24.5 Å². The SMILES string of the molecule is CON1CCN(OC)C1=Cc1ccccc1. The summed E-state index contributed by atoms with van der Waals surface area (Å²) >= 11 is 0. The first-order valence-electron chi connectivity index (χ1n) is 5.25. The minimum Gasteiger partial charge on any atom is -0.275 e. The van der Waals surface area contributed by atoms with Crippen molar-refractivity contribution in [2.24, 2.45) is 0 Å². The van der Waals surface area contributed by atoms with Crippen molar-refractivity contribution in [3.05, 3.63) is 41.7 Å². The lowest BCUT2D eigenvalue weighted by atomic mass is 10.2. The quantitative estimate of drug-likeness (QED) is 0.774. The van der Waals surface area contributed by atoms with Gasteiger partial charge in [-0.3, -0.25) is 9.68 Å². The molecule has 0 aliphatic carbocycles. The van der Waals surface area contributed by atoms with Crippen LogP contribution in [0.3, 0.4) is 0 Å². The largest absolute Gasteiger partial charge is 0.275 e. The monoisotopic (exact) mass is 220 g/mol. The van der Waals surface area contributed by atoms with Gasteiger partial charge in [-0.2, -0.15) is 0 Å². The molecule has 86 valence electrons. The summed E-state index contributed by atoms with van der Waals surface area (Å²) < 4.78 is 0. The van der Waals surface area contributed by atoms with E-state index in [0.29, 0.717) is 0 Å². The van der Waals surface area contributed by atoms with Crippen LogP contribution in [0.4, 0.5) is 0 Å². The highest BCUT2D eigenvalue weighted by Gasteiger charge is 2.24. The molecule has 1 heterocycles. The van der Waals surface area contributed by atoms with Gasteiger partial charge in [0.1, 0.15) is 0 Å². The molecule has 16 heavy (non-hydrogen) atoms. The van der Waals surface area contributed by atoms with Crippen LogP contribution in [-0.4, -0.2) is 37.4 Å². The molecule has 2 rings (SSSR count). The van der Waals surface area contributed by atoms with Gasteiger partial charge in [0, 0.05) is 0 Å². The number of hydroxylamine groups is 4. The molecule has 1 aromatic rings. The Hall–Kier alpha value is -1.52. The smallest absolute Gasteiger partial charge is 0.153 e. The molecule has 0 atom stereocenters. The number of rotatable bonds is 3. The number of hydrogen-bond acceptors (Lipinski definition) is 4. The average Bonchev–Trinajstić information content (AvgIpc) is 2.72. The summed E-state index contributed by atoms with van der Waals surface area (Å²) in [5.74, 6) is 0.927. The molecule has 1 aliphatic heterocycles. The molecule has 0 saturated carbocycles. The first kappa shape index (κ1) is 11.0. The minimum atomic E-state index is 0.809. The van der Waals surface area contributed by atoms with Gasteiger partial charge in [-0.15, -0.1) is 0 Å². The van der Waals surface area contributed by atoms with Crippen molar-refractivity contribution in [1.82, 2.24) is 10.1 Å². The second-order valence-corrected chi connectivity index (χ2v) is 3.48. The van der Waals surface area contributed by atoms with Gasteiger partial charge in [0.25, 0.3) is 0 Å². The zero-order valence-electron chi connectivity index (χ0n) is 9.59. The lowest BCUT2D eigenvalue weighted by molar-refractivity contribution is -0.132. The van der Waals surface area contributed by atoms with Crippen LogP contribution in [0.5, 0.6) is 0 Å². The van der Waals surface area contributed by atoms with Crippen molar-refractivity contribution in [2.45, 2.75) is 0 Å². The predicted octanol–water partition coefficient (Wildman–Crippen LogP) is 1.73. The van der Waals surface area contributed by atoms with Crippen LogP contribution in [0.1, 0.15) is 5.56 Å². The fourth-order valence-corrected chi connectivity index (χ4v) is 1.75. The summed E-state index contributed by atoms with van der Waals surface area (Å²) in [5.41, 5.74) is 1.13. The van der Waals surface area contributed by atoms with E-state index >= 15 is 0 Å².